The normalized spacial score (nSPS) is 24.5. The van der Waals surface area contributed by atoms with Crippen molar-refractivity contribution in [3.05, 3.63) is 11.9 Å². The summed E-state index contributed by atoms with van der Waals surface area (Å²) in [4.78, 5) is 0. The molecule has 1 N–H and O–H groups in total. The third-order valence-corrected chi connectivity index (χ3v) is 6.81. The number of aliphatic hydroxyl groups is 1. The van der Waals surface area contributed by atoms with Crippen molar-refractivity contribution in [3.8, 4) is 0 Å². The molecule has 3 heterocycles. The summed E-state index contributed by atoms with van der Waals surface area (Å²) in [5.41, 5.74) is -0.490. The summed E-state index contributed by atoms with van der Waals surface area (Å²) in [6.07, 6.45) is 5.49. The molecule has 9 heteroatoms. The fraction of sp³-hybridized carbons (Fsp3) is 0.867. The first-order valence-electron chi connectivity index (χ1n) is 8.65. The summed E-state index contributed by atoms with van der Waals surface area (Å²) in [5.74, 6) is 0.215. The van der Waals surface area contributed by atoms with E-state index in [4.69, 9.17) is 0 Å². The summed E-state index contributed by atoms with van der Waals surface area (Å²) >= 11 is 0. The SMILES string of the molecule is CC(C)(O)c1cn(C[C@@H]2CCCN(S(=O)(=O)N3CCCC3)C2)nn1. The van der Waals surface area contributed by atoms with Crippen LogP contribution in [0.3, 0.4) is 0 Å². The Kier molecular flexibility index (Phi) is 4.96. The molecule has 1 atom stereocenters. The van der Waals surface area contributed by atoms with E-state index in [-0.39, 0.29) is 5.92 Å². The predicted molar refractivity (Wildman–Crippen MR) is 89.3 cm³/mol. The molecule has 0 saturated carbocycles. The first-order chi connectivity index (χ1) is 11.3. The molecule has 0 spiro atoms. The lowest BCUT2D eigenvalue weighted by atomic mass is 10.00. The molecule has 0 bridgehead atoms. The molecule has 8 nitrogen and oxygen atoms in total. The molecule has 1 aromatic rings. The second-order valence-corrected chi connectivity index (χ2v) is 9.29. The van der Waals surface area contributed by atoms with Gasteiger partial charge in [0.1, 0.15) is 11.3 Å². The van der Waals surface area contributed by atoms with Gasteiger partial charge in [-0.1, -0.05) is 5.21 Å². The number of hydrogen-bond donors (Lipinski definition) is 1. The van der Waals surface area contributed by atoms with E-state index in [9.17, 15) is 13.5 Å². The van der Waals surface area contributed by atoms with Crippen LogP contribution in [0.1, 0.15) is 45.2 Å². The van der Waals surface area contributed by atoms with E-state index in [1.54, 1.807) is 33.3 Å². The number of piperidine rings is 1. The molecule has 136 valence electrons. The lowest BCUT2D eigenvalue weighted by Crippen LogP contribution is -2.47. The number of nitrogens with zero attached hydrogens (tertiary/aromatic N) is 5. The molecule has 2 saturated heterocycles. The Bertz CT molecular complexity index is 661. The highest BCUT2D eigenvalue weighted by Crippen LogP contribution is 2.25. The van der Waals surface area contributed by atoms with Gasteiger partial charge in [0.25, 0.3) is 10.2 Å². The van der Waals surface area contributed by atoms with Gasteiger partial charge in [-0.25, -0.2) is 0 Å². The molecule has 1 aromatic heterocycles. The number of aromatic nitrogens is 3. The molecule has 0 aliphatic carbocycles. The van der Waals surface area contributed by atoms with Gasteiger partial charge in [0.15, 0.2) is 0 Å². The van der Waals surface area contributed by atoms with Gasteiger partial charge < -0.3 is 5.11 Å². The van der Waals surface area contributed by atoms with Crippen molar-refractivity contribution in [1.82, 2.24) is 23.6 Å². The van der Waals surface area contributed by atoms with Crippen LogP contribution in [0.4, 0.5) is 0 Å². The number of hydrogen-bond acceptors (Lipinski definition) is 5. The second kappa shape index (κ2) is 6.70. The minimum absolute atomic E-state index is 0.215. The Labute approximate surface area is 143 Å². The Hall–Kier alpha value is -1.03. The van der Waals surface area contributed by atoms with Crippen LogP contribution in [0, 0.1) is 5.92 Å². The maximum atomic E-state index is 12.7. The van der Waals surface area contributed by atoms with E-state index in [0.717, 1.165) is 25.7 Å². The van der Waals surface area contributed by atoms with Gasteiger partial charge in [-0.3, -0.25) is 4.68 Å². The van der Waals surface area contributed by atoms with Crippen molar-refractivity contribution in [2.24, 2.45) is 5.92 Å². The van der Waals surface area contributed by atoms with Gasteiger partial charge in [0.05, 0.1) is 6.20 Å². The quantitative estimate of drug-likeness (QED) is 0.831. The maximum Gasteiger partial charge on any atom is 0.281 e. The average Bonchev–Trinajstić information content (AvgIpc) is 3.18. The van der Waals surface area contributed by atoms with Crippen molar-refractivity contribution >= 4 is 10.2 Å². The average molecular weight is 357 g/mol. The van der Waals surface area contributed by atoms with E-state index >= 15 is 0 Å². The maximum absolute atomic E-state index is 12.7. The van der Waals surface area contributed by atoms with Gasteiger partial charge in [-0.2, -0.15) is 17.0 Å². The van der Waals surface area contributed by atoms with E-state index < -0.39 is 15.8 Å². The van der Waals surface area contributed by atoms with E-state index in [2.05, 4.69) is 10.3 Å². The zero-order chi connectivity index (χ0) is 17.4. The third-order valence-electron chi connectivity index (χ3n) is 4.81. The van der Waals surface area contributed by atoms with Crippen LogP contribution in [0.15, 0.2) is 6.20 Å². The molecule has 0 amide bonds. The van der Waals surface area contributed by atoms with Crippen LogP contribution in [-0.2, 0) is 22.4 Å². The molecule has 0 aromatic carbocycles. The van der Waals surface area contributed by atoms with Crippen molar-refractivity contribution < 1.29 is 13.5 Å². The molecular weight excluding hydrogens is 330 g/mol. The Balaban J connectivity index is 1.64. The minimum atomic E-state index is -3.32. The lowest BCUT2D eigenvalue weighted by molar-refractivity contribution is 0.0737. The molecule has 0 radical (unpaired) electrons. The van der Waals surface area contributed by atoms with Crippen LogP contribution in [0.5, 0.6) is 0 Å². The standard InChI is InChI=1S/C15H27N5O3S/c1-15(2,21)14-12-18(17-16-14)10-13-6-5-9-20(11-13)24(22,23)19-7-3-4-8-19/h12-13,21H,3-11H2,1-2H3/t13-/m0/s1. The van der Waals surface area contributed by atoms with Crippen LogP contribution in [0.25, 0.3) is 0 Å². The Morgan fingerprint density at radius 3 is 2.50 bits per heavy atom. The Morgan fingerprint density at radius 2 is 1.88 bits per heavy atom. The highest BCUT2D eigenvalue weighted by atomic mass is 32.2. The van der Waals surface area contributed by atoms with Crippen molar-refractivity contribution in [2.75, 3.05) is 26.2 Å². The molecule has 24 heavy (non-hydrogen) atoms. The van der Waals surface area contributed by atoms with E-state index in [1.165, 1.54) is 0 Å². The fourth-order valence-electron chi connectivity index (χ4n) is 3.40. The summed E-state index contributed by atoms with van der Waals surface area (Å²) in [7, 11) is -3.32. The second-order valence-electron chi connectivity index (χ2n) is 7.37. The highest BCUT2D eigenvalue weighted by Gasteiger charge is 2.35. The van der Waals surface area contributed by atoms with Gasteiger partial charge in [-0.15, -0.1) is 5.10 Å². The van der Waals surface area contributed by atoms with E-state index in [1.807, 2.05) is 0 Å². The van der Waals surface area contributed by atoms with Gasteiger partial charge in [0, 0.05) is 32.7 Å². The Morgan fingerprint density at radius 1 is 1.21 bits per heavy atom. The molecule has 2 fully saturated rings. The monoisotopic (exact) mass is 357 g/mol. The lowest BCUT2D eigenvalue weighted by Gasteiger charge is -2.34. The topological polar surface area (TPSA) is 91.6 Å². The molecule has 2 aliphatic heterocycles. The first-order valence-corrected chi connectivity index (χ1v) is 10.0. The molecular formula is C15H27N5O3S. The predicted octanol–water partition coefficient (Wildman–Crippen LogP) is 0.558. The van der Waals surface area contributed by atoms with Gasteiger partial charge >= 0.3 is 0 Å². The zero-order valence-corrected chi connectivity index (χ0v) is 15.2. The van der Waals surface area contributed by atoms with Crippen molar-refractivity contribution in [1.29, 1.82) is 0 Å². The summed E-state index contributed by atoms with van der Waals surface area (Å²) in [6.45, 7) is 6.37. The summed E-state index contributed by atoms with van der Waals surface area (Å²) in [6, 6.07) is 0. The van der Waals surface area contributed by atoms with Crippen molar-refractivity contribution in [3.63, 3.8) is 0 Å². The van der Waals surface area contributed by atoms with Crippen molar-refractivity contribution in [2.45, 2.75) is 51.7 Å². The van der Waals surface area contributed by atoms with Crippen LogP contribution < -0.4 is 0 Å². The molecule has 3 rings (SSSR count). The smallest absolute Gasteiger partial charge is 0.281 e. The fourth-order valence-corrected chi connectivity index (χ4v) is 5.21. The molecule has 0 unspecified atom stereocenters. The highest BCUT2D eigenvalue weighted by molar-refractivity contribution is 7.86. The minimum Gasteiger partial charge on any atom is -0.384 e. The van der Waals surface area contributed by atoms with Gasteiger partial charge in [-0.05, 0) is 45.4 Å². The van der Waals surface area contributed by atoms with Gasteiger partial charge in [0.2, 0.25) is 0 Å². The third kappa shape index (κ3) is 3.79. The van der Waals surface area contributed by atoms with E-state index in [0.29, 0.717) is 38.4 Å². The summed E-state index contributed by atoms with van der Waals surface area (Å²) < 4.78 is 30.4. The first kappa shape index (κ1) is 17.8. The summed E-state index contributed by atoms with van der Waals surface area (Å²) in [5, 5.41) is 18.0. The van der Waals surface area contributed by atoms with Crippen LogP contribution in [0.2, 0.25) is 0 Å². The number of rotatable bonds is 5. The zero-order valence-electron chi connectivity index (χ0n) is 14.4. The molecule has 2 aliphatic rings. The largest absolute Gasteiger partial charge is 0.384 e. The van der Waals surface area contributed by atoms with Crippen LogP contribution >= 0.6 is 0 Å². The van der Waals surface area contributed by atoms with Crippen LogP contribution in [-0.4, -0.2) is 63.3 Å².